The Balaban J connectivity index is 2.82. The maximum Gasteiger partial charge on any atom is 0.323 e. The molecule has 0 heterocycles. The average Bonchev–Trinajstić information content (AvgIpc) is 2.41. The van der Waals surface area contributed by atoms with E-state index in [0.29, 0.717) is 29.1 Å². The Morgan fingerprint density at radius 1 is 1.33 bits per heavy atom. The van der Waals surface area contributed by atoms with Crippen LogP contribution in [0.1, 0.15) is 20.8 Å². The Morgan fingerprint density at radius 2 is 2.00 bits per heavy atom. The van der Waals surface area contributed by atoms with Crippen LogP contribution >= 0.6 is 11.6 Å². The Labute approximate surface area is 129 Å². The average molecular weight is 313 g/mol. The Morgan fingerprint density at radius 3 is 2.52 bits per heavy atom. The zero-order chi connectivity index (χ0) is 16.0. The molecule has 5 nitrogen and oxygen atoms in total. The van der Waals surface area contributed by atoms with E-state index >= 15 is 0 Å². The van der Waals surface area contributed by atoms with Crippen LogP contribution in [0.5, 0.6) is 0 Å². The van der Waals surface area contributed by atoms with E-state index in [0.717, 1.165) is 0 Å². The van der Waals surface area contributed by atoms with Gasteiger partial charge in [0.15, 0.2) is 0 Å². The first-order chi connectivity index (χ1) is 9.81. The molecular formula is C15H21ClN2O3. The SMILES string of the molecule is CC(C)C(C)CNC(=O)N(CC(=O)O)c1cccc(Cl)c1. The second-order valence-corrected chi connectivity index (χ2v) is 5.80. The predicted molar refractivity (Wildman–Crippen MR) is 83.8 cm³/mol. The summed E-state index contributed by atoms with van der Waals surface area (Å²) >= 11 is 5.89. The number of halogens is 1. The van der Waals surface area contributed by atoms with E-state index in [2.05, 4.69) is 19.2 Å². The molecule has 0 saturated heterocycles. The molecule has 2 N–H and O–H groups in total. The van der Waals surface area contributed by atoms with E-state index in [1.54, 1.807) is 24.3 Å². The van der Waals surface area contributed by atoms with Gasteiger partial charge >= 0.3 is 12.0 Å². The number of benzene rings is 1. The zero-order valence-electron chi connectivity index (χ0n) is 12.5. The molecule has 6 heteroatoms. The second kappa shape index (κ2) is 7.88. The lowest BCUT2D eigenvalue weighted by Gasteiger charge is -2.23. The first-order valence-corrected chi connectivity index (χ1v) is 7.21. The summed E-state index contributed by atoms with van der Waals surface area (Å²) in [5.41, 5.74) is 0.458. The van der Waals surface area contributed by atoms with Crippen LogP contribution in [0.25, 0.3) is 0 Å². The minimum atomic E-state index is -1.08. The lowest BCUT2D eigenvalue weighted by molar-refractivity contribution is -0.135. The fraction of sp³-hybridized carbons (Fsp3) is 0.467. The summed E-state index contributed by atoms with van der Waals surface area (Å²) < 4.78 is 0. The highest BCUT2D eigenvalue weighted by Gasteiger charge is 2.20. The molecule has 1 unspecified atom stereocenters. The number of carbonyl (C=O) groups is 2. The number of urea groups is 1. The number of carboxylic acid groups (broad SMARTS) is 1. The lowest BCUT2D eigenvalue weighted by atomic mass is 9.98. The van der Waals surface area contributed by atoms with Crippen molar-refractivity contribution in [1.29, 1.82) is 0 Å². The summed E-state index contributed by atoms with van der Waals surface area (Å²) in [6.45, 7) is 6.26. The topological polar surface area (TPSA) is 69.6 Å². The number of amides is 2. The minimum Gasteiger partial charge on any atom is -0.480 e. The van der Waals surface area contributed by atoms with Crippen molar-refractivity contribution in [2.75, 3.05) is 18.0 Å². The third kappa shape index (κ3) is 5.63. The van der Waals surface area contributed by atoms with Gasteiger partial charge in [-0.15, -0.1) is 0 Å². The van der Waals surface area contributed by atoms with Crippen LogP contribution < -0.4 is 10.2 Å². The van der Waals surface area contributed by atoms with Crippen LogP contribution in [-0.2, 0) is 4.79 Å². The normalized spacial score (nSPS) is 12.0. The molecule has 0 aliphatic heterocycles. The molecule has 1 aromatic carbocycles. The highest BCUT2D eigenvalue weighted by Crippen LogP contribution is 2.19. The predicted octanol–water partition coefficient (Wildman–Crippen LogP) is 3.23. The molecule has 1 atom stereocenters. The molecule has 1 rings (SSSR count). The van der Waals surface area contributed by atoms with Crippen molar-refractivity contribution in [2.24, 2.45) is 11.8 Å². The highest BCUT2D eigenvalue weighted by molar-refractivity contribution is 6.30. The Hall–Kier alpha value is -1.75. The van der Waals surface area contributed by atoms with Crippen LogP contribution in [0, 0.1) is 11.8 Å². The molecule has 0 spiro atoms. The molecule has 1 aromatic rings. The number of nitrogens with zero attached hydrogens (tertiary/aromatic N) is 1. The first-order valence-electron chi connectivity index (χ1n) is 6.84. The van der Waals surface area contributed by atoms with Crippen molar-refractivity contribution in [3.63, 3.8) is 0 Å². The summed E-state index contributed by atoms with van der Waals surface area (Å²) in [7, 11) is 0. The number of aliphatic carboxylic acids is 1. The number of nitrogens with one attached hydrogen (secondary N) is 1. The van der Waals surface area contributed by atoms with Gasteiger partial charge in [-0.1, -0.05) is 38.4 Å². The van der Waals surface area contributed by atoms with Crippen molar-refractivity contribution in [3.8, 4) is 0 Å². The summed E-state index contributed by atoms with van der Waals surface area (Å²) in [6, 6.07) is 6.13. The van der Waals surface area contributed by atoms with E-state index in [1.807, 2.05) is 6.92 Å². The van der Waals surface area contributed by atoms with Crippen LogP contribution in [0.4, 0.5) is 10.5 Å². The minimum absolute atomic E-state index is 0.306. The smallest absolute Gasteiger partial charge is 0.323 e. The van der Waals surface area contributed by atoms with Crippen molar-refractivity contribution >= 4 is 29.3 Å². The van der Waals surface area contributed by atoms with E-state index in [1.165, 1.54) is 4.90 Å². The van der Waals surface area contributed by atoms with Crippen LogP contribution in [-0.4, -0.2) is 30.2 Å². The second-order valence-electron chi connectivity index (χ2n) is 5.37. The van der Waals surface area contributed by atoms with E-state index in [9.17, 15) is 9.59 Å². The van der Waals surface area contributed by atoms with E-state index in [-0.39, 0.29) is 0 Å². The molecule has 0 saturated carbocycles. The largest absolute Gasteiger partial charge is 0.480 e. The van der Waals surface area contributed by atoms with Gasteiger partial charge in [0.2, 0.25) is 0 Å². The fourth-order valence-electron chi connectivity index (χ4n) is 1.64. The van der Waals surface area contributed by atoms with E-state index in [4.69, 9.17) is 16.7 Å². The maximum absolute atomic E-state index is 12.2. The first kappa shape index (κ1) is 17.3. The van der Waals surface area contributed by atoms with Gasteiger partial charge in [0.25, 0.3) is 0 Å². The van der Waals surface area contributed by atoms with Gasteiger partial charge in [-0.2, -0.15) is 0 Å². The summed E-state index contributed by atoms with van der Waals surface area (Å²) in [6.07, 6.45) is 0. The third-order valence-corrected chi connectivity index (χ3v) is 3.61. The van der Waals surface area contributed by atoms with Crippen LogP contribution in [0.2, 0.25) is 5.02 Å². The molecule has 0 aromatic heterocycles. The number of rotatable bonds is 6. The van der Waals surface area contributed by atoms with Gasteiger partial charge in [-0.05, 0) is 30.0 Å². The molecule has 0 bridgehead atoms. The standard InChI is InChI=1S/C15H21ClN2O3/c1-10(2)11(3)8-17-15(21)18(9-14(19)20)13-6-4-5-12(16)7-13/h4-7,10-11H,8-9H2,1-3H3,(H,17,21)(H,19,20). The molecule has 2 amide bonds. The van der Waals surface area contributed by atoms with Crippen LogP contribution in [0.15, 0.2) is 24.3 Å². The summed E-state index contributed by atoms with van der Waals surface area (Å²) in [5.74, 6) is -0.341. The molecular weight excluding hydrogens is 292 g/mol. The molecule has 21 heavy (non-hydrogen) atoms. The van der Waals surface area contributed by atoms with Crippen molar-refractivity contribution in [2.45, 2.75) is 20.8 Å². The Bertz CT molecular complexity index is 505. The third-order valence-electron chi connectivity index (χ3n) is 3.37. The lowest BCUT2D eigenvalue weighted by Crippen LogP contribution is -2.44. The molecule has 116 valence electrons. The maximum atomic E-state index is 12.2. The zero-order valence-corrected chi connectivity index (χ0v) is 13.2. The quantitative estimate of drug-likeness (QED) is 0.847. The van der Waals surface area contributed by atoms with Crippen molar-refractivity contribution in [3.05, 3.63) is 29.3 Å². The van der Waals surface area contributed by atoms with Gasteiger partial charge < -0.3 is 10.4 Å². The molecule has 0 aliphatic rings. The Kier molecular flexibility index (Phi) is 6.49. The molecule has 0 fully saturated rings. The van der Waals surface area contributed by atoms with Gasteiger partial charge in [-0.3, -0.25) is 9.69 Å². The highest BCUT2D eigenvalue weighted by atomic mass is 35.5. The molecule has 0 aliphatic carbocycles. The number of hydrogen-bond donors (Lipinski definition) is 2. The number of anilines is 1. The van der Waals surface area contributed by atoms with Gasteiger partial charge in [-0.25, -0.2) is 4.79 Å². The summed E-state index contributed by atoms with van der Waals surface area (Å²) in [5, 5.41) is 12.2. The van der Waals surface area contributed by atoms with Crippen LogP contribution in [0.3, 0.4) is 0 Å². The number of carbonyl (C=O) groups excluding carboxylic acids is 1. The van der Waals surface area contributed by atoms with Gasteiger partial charge in [0.1, 0.15) is 6.54 Å². The number of hydrogen-bond acceptors (Lipinski definition) is 2. The van der Waals surface area contributed by atoms with Gasteiger partial charge in [0.05, 0.1) is 0 Å². The van der Waals surface area contributed by atoms with Gasteiger partial charge in [0, 0.05) is 17.3 Å². The number of carboxylic acids is 1. The fourth-order valence-corrected chi connectivity index (χ4v) is 1.82. The van der Waals surface area contributed by atoms with E-state index < -0.39 is 18.5 Å². The molecule has 0 radical (unpaired) electrons. The monoisotopic (exact) mass is 312 g/mol. The van der Waals surface area contributed by atoms with Crippen molar-refractivity contribution < 1.29 is 14.7 Å². The summed E-state index contributed by atoms with van der Waals surface area (Å²) in [4.78, 5) is 24.4. The van der Waals surface area contributed by atoms with Crippen molar-refractivity contribution in [1.82, 2.24) is 5.32 Å².